The molecule has 1 aromatic heterocycles. The van der Waals surface area contributed by atoms with Crippen LogP contribution in [0.25, 0.3) is 22.2 Å². The number of aromatic nitrogens is 1. The van der Waals surface area contributed by atoms with E-state index in [1.165, 1.54) is 5.56 Å². The average molecular weight is 478 g/mol. The predicted octanol–water partition coefficient (Wildman–Crippen LogP) is 5.49. The molecule has 0 radical (unpaired) electrons. The molecule has 1 atom stereocenters. The molecule has 0 saturated carbocycles. The van der Waals surface area contributed by atoms with Crippen LogP contribution >= 0.6 is 0 Å². The molecule has 0 bridgehead atoms. The number of benzene rings is 3. The van der Waals surface area contributed by atoms with Gasteiger partial charge in [0.05, 0.1) is 36.4 Å². The van der Waals surface area contributed by atoms with Crippen LogP contribution in [0.15, 0.2) is 71.6 Å². The van der Waals surface area contributed by atoms with Crippen LogP contribution in [0.4, 0.5) is 0 Å². The Morgan fingerprint density at radius 3 is 2.44 bits per heavy atom. The van der Waals surface area contributed by atoms with Gasteiger partial charge in [0.1, 0.15) is 17.6 Å². The molecule has 0 aliphatic carbocycles. The molecule has 0 saturated heterocycles. The molecule has 2 heterocycles. The van der Waals surface area contributed by atoms with E-state index in [4.69, 9.17) is 13.7 Å². The topological polar surface area (TPSA) is 66.8 Å². The minimum absolute atomic E-state index is 0.0459. The van der Waals surface area contributed by atoms with Crippen molar-refractivity contribution in [3.63, 3.8) is 0 Å². The van der Waals surface area contributed by atoms with Crippen LogP contribution in [-0.4, -0.2) is 32.8 Å². The van der Waals surface area contributed by atoms with Crippen molar-refractivity contribution < 1.29 is 22.1 Å². The first-order chi connectivity index (χ1) is 16.4. The van der Waals surface area contributed by atoms with Crippen LogP contribution in [0.3, 0.4) is 0 Å². The van der Waals surface area contributed by atoms with E-state index in [1.54, 1.807) is 31.4 Å². The number of nitrogens with zero attached hydrogens (tertiary/aromatic N) is 1. The SMILES string of the molecule is COc1ccc(-c2c(C)c3cccc4c3n2CC(CCOS(=O)(=O)c2ccc(C)cc2)O4)cc1. The summed E-state index contributed by atoms with van der Waals surface area (Å²) in [6, 6.07) is 20.8. The summed E-state index contributed by atoms with van der Waals surface area (Å²) < 4.78 is 44.3. The first kappa shape index (κ1) is 22.5. The molecule has 0 N–H and O–H groups in total. The fourth-order valence-electron chi connectivity index (χ4n) is 4.58. The van der Waals surface area contributed by atoms with Crippen LogP contribution in [0.2, 0.25) is 0 Å². The van der Waals surface area contributed by atoms with Gasteiger partial charge < -0.3 is 14.0 Å². The average Bonchev–Trinajstić information content (AvgIpc) is 3.12. The van der Waals surface area contributed by atoms with Crippen molar-refractivity contribution in [2.75, 3.05) is 13.7 Å². The Bertz CT molecular complexity index is 1440. The third-order valence-electron chi connectivity index (χ3n) is 6.33. The van der Waals surface area contributed by atoms with E-state index in [0.29, 0.717) is 13.0 Å². The van der Waals surface area contributed by atoms with E-state index in [-0.39, 0.29) is 17.6 Å². The van der Waals surface area contributed by atoms with Crippen molar-refractivity contribution in [3.05, 3.63) is 77.9 Å². The molecule has 0 amide bonds. The lowest BCUT2D eigenvalue weighted by molar-refractivity contribution is 0.139. The Hall–Kier alpha value is -3.29. The summed E-state index contributed by atoms with van der Waals surface area (Å²) in [6.45, 7) is 4.69. The van der Waals surface area contributed by atoms with Gasteiger partial charge in [-0.05, 0) is 67.4 Å². The number of rotatable bonds is 7. The highest BCUT2D eigenvalue weighted by molar-refractivity contribution is 7.86. The molecule has 4 aromatic rings. The molecule has 176 valence electrons. The van der Waals surface area contributed by atoms with Gasteiger partial charge in [0, 0.05) is 11.8 Å². The number of aryl methyl sites for hydroxylation is 2. The zero-order valence-electron chi connectivity index (χ0n) is 19.4. The molecular formula is C27H27NO5S. The fourth-order valence-corrected chi connectivity index (χ4v) is 5.50. The predicted molar refractivity (Wildman–Crippen MR) is 132 cm³/mol. The second kappa shape index (κ2) is 8.81. The van der Waals surface area contributed by atoms with Crippen LogP contribution in [0.1, 0.15) is 17.5 Å². The summed E-state index contributed by atoms with van der Waals surface area (Å²) >= 11 is 0. The first-order valence-corrected chi connectivity index (χ1v) is 12.7. The zero-order chi connectivity index (χ0) is 23.9. The molecule has 3 aromatic carbocycles. The van der Waals surface area contributed by atoms with E-state index >= 15 is 0 Å². The van der Waals surface area contributed by atoms with Gasteiger partial charge in [0.15, 0.2) is 0 Å². The van der Waals surface area contributed by atoms with Gasteiger partial charge in [-0.1, -0.05) is 29.8 Å². The van der Waals surface area contributed by atoms with Gasteiger partial charge in [-0.2, -0.15) is 8.42 Å². The highest BCUT2D eigenvalue weighted by Gasteiger charge is 2.27. The molecule has 1 unspecified atom stereocenters. The lowest BCUT2D eigenvalue weighted by Crippen LogP contribution is -2.29. The Morgan fingerprint density at radius 1 is 1.00 bits per heavy atom. The highest BCUT2D eigenvalue weighted by atomic mass is 32.2. The van der Waals surface area contributed by atoms with Crippen LogP contribution < -0.4 is 9.47 Å². The molecule has 0 fully saturated rings. The van der Waals surface area contributed by atoms with E-state index in [9.17, 15) is 8.42 Å². The molecule has 5 rings (SSSR count). The minimum Gasteiger partial charge on any atom is -0.497 e. The van der Waals surface area contributed by atoms with Crippen molar-refractivity contribution >= 4 is 21.0 Å². The number of hydrogen-bond donors (Lipinski definition) is 0. The number of ether oxygens (including phenoxy) is 2. The molecule has 6 nitrogen and oxygen atoms in total. The Kier molecular flexibility index (Phi) is 5.83. The highest BCUT2D eigenvalue weighted by Crippen LogP contribution is 2.41. The second-order valence-electron chi connectivity index (χ2n) is 8.58. The molecular weight excluding hydrogens is 450 g/mol. The number of para-hydroxylation sites is 1. The monoisotopic (exact) mass is 477 g/mol. The van der Waals surface area contributed by atoms with Gasteiger partial charge >= 0.3 is 0 Å². The standard InChI is InChI=1S/C27H27NO5S/c1-18-7-13-23(14-8-18)34(29,30)32-16-15-22-17-28-26(20-9-11-21(31-3)12-10-20)19(2)24-5-4-6-25(33-22)27(24)28/h4-14,22H,15-17H2,1-3H3. The summed E-state index contributed by atoms with van der Waals surface area (Å²) in [7, 11) is -2.15. The molecule has 1 aliphatic rings. The van der Waals surface area contributed by atoms with Crippen molar-refractivity contribution in [2.45, 2.75) is 37.8 Å². The summed E-state index contributed by atoms with van der Waals surface area (Å²) in [5.41, 5.74) is 5.47. The minimum atomic E-state index is -3.81. The van der Waals surface area contributed by atoms with Crippen molar-refractivity contribution in [1.29, 1.82) is 0 Å². The molecule has 1 aliphatic heterocycles. The van der Waals surface area contributed by atoms with E-state index in [1.807, 2.05) is 31.2 Å². The normalized spacial score (nSPS) is 15.3. The lowest BCUT2D eigenvalue weighted by Gasteiger charge is -2.27. The maximum absolute atomic E-state index is 12.6. The summed E-state index contributed by atoms with van der Waals surface area (Å²) in [4.78, 5) is 0.164. The van der Waals surface area contributed by atoms with Gasteiger partial charge in [-0.3, -0.25) is 4.18 Å². The third-order valence-corrected chi connectivity index (χ3v) is 7.66. The van der Waals surface area contributed by atoms with E-state index < -0.39 is 10.1 Å². The quantitative estimate of drug-likeness (QED) is 0.329. The van der Waals surface area contributed by atoms with E-state index in [0.717, 1.165) is 39.2 Å². The summed E-state index contributed by atoms with van der Waals surface area (Å²) in [5, 5.41) is 1.15. The largest absolute Gasteiger partial charge is 0.497 e. The van der Waals surface area contributed by atoms with Crippen molar-refractivity contribution in [1.82, 2.24) is 4.57 Å². The lowest BCUT2D eigenvalue weighted by atomic mass is 10.1. The fraction of sp³-hybridized carbons (Fsp3) is 0.259. The van der Waals surface area contributed by atoms with E-state index in [2.05, 4.69) is 29.7 Å². The molecule has 0 spiro atoms. The molecule has 34 heavy (non-hydrogen) atoms. The van der Waals surface area contributed by atoms with Crippen LogP contribution in [0.5, 0.6) is 11.5 Å². The van der Waals surface area contributed by atoms with Gasteiger partial charge in [0.25, 0.3) is 10.1 Å². The maximum Gasteiger partial charge on any atom is 0.296 e. The Balaban J connectivity index is 1.39. The van der Waals surface area contributed by atoms with Crippen molar-refractivity contribution in [2.24, 2.45) is 0 Å². The van der Waals surface area contributed by atoms with Gasteiger partial charge in [-0.25, -0.2) is 0 Å². The third kappa shape index (κ3) is 4.06. The van der Waals surface area contributed by atoms with Crippen LogP contribution in [0, 0.1) is 13.8 Å². The smallest absolute Gasteiger partial charge is 0.296 e. The maximum atomic E-state index is 12.6. The molecule has 7 heteroatoms. The first-order valence-electron chi connectivity index (χ1n) is 11.3. The van der Waals surface area contributed by atoms with Gasteiger partial charge in [0.2, 0.25) is 0 Å². The second-order valence-corrected chi connectivity index (χ2v) is 10.2. The zero-order valence-corrected chi connectivity index (χ0v) is 20.3. The van der Waals surface area contributed by atoms with Gasteiger partial charge in [-0.15, -0.1) is 0 Å². The van der Waals surface area contributed by atoms with Crippen LogP contribution in [-0.2, 0) is 20.8 Å². The Morgan fingerprint density at radius 2 is 1.74 bits per heavy atom. The summed E-state index contributed by atoms with van der Waals surface area (Å²) in [5.74, 6) is 1.61. The summed E-state index contributed by atoms with van der Waals surface area (Å²) in [6.07, 6.45) is 0.232. The Labute approximate surface area is 199 Å². The number of methoxy groups -OCH3 is 1. The van der Waals surface area contributed by atoms with Crippen molar-refractivity contribution in [3.8, 4) is 22.8 Å². The number of hydrogen-bond acceptors (Lipinski definition) is 5.